The number of carbonyl (C=O) groups excluding carboxylic acids is 2. The van der Waals surface area contributed by atoms with Crippen molar-refractivity contribution in [3.63, 3.8) is 0 Å². The van der Waals surface area contributed by atoms with E-state index in [0.717, 1.165) is 4.47 Å². The third-order valence-corrected chi connectivity index (χ3v) is 6.00. The highest BCUT2D eigenvalue weighted by Crippen LogP contribution is 2.15. The molecule has 10 heteroatoms. The van der Waals surface area contributed by atoms with E-state index in [2.05, 4.69) is 31.2 Å². The van der Waals surface area contributed by atoms with Gasteiger partial charge in [-0.15, -0.1) is 0 Å². The van der Waals surface area contributed by atoms with Crippen LogP contribution < -0.4 is 14.9 Å². The van der Waals surface area contributed by atoms with Crippen LogP contribution in [0.25, 0.3) is 0 Å². The summed E-state index contributed by atoms with van der Waals surface area (Å²) < 4.78 is 32.5. The molecular formula is C22H18BrN3O5S. The van der Waals surface area contributed by atoms with Crippen LogP contribution in [-0.2, 0) is 14.8 Å². The number of ether oxygens (including phenoxy) is 1. The molecule has 0 aliphatic carbocycles. The fourth-order valence-corrected chi connectivity index (χ4v) is 3.70. The number of carbonyl (C=O) groups is 2. The lowest BCUT2D eigenvalue weighted by atomic mass is 10.2. The van der Waals surface area contributed by atoms with Gasteiger partial charge in [0.25, 0.3) is 5.91 Å². The third kappa shape index (κ3) is 6.84. The molecule has 32 heavy (non-hydrogen) atoms. The molecule has 0 aliphatic rings. The average Bonchev–Trinajstić information content (AvgIpc) is 2.80. The number of nitrogens with one attached hydrogen (secondary N) is 2. The van der Waals surface area contributed by atoms with Gasteiger partial charge < -0.3 is 4.74 Å². The number of hydrogen-bond acceptors (Lipinski definition) is 6. The Morgan fingerprint density at radius 1 is 0.938 bits per heavy atom. The third-order valence-electron chi connectivity index (χ3n) is 4.05. The maximum absolute atomic E-state index is 12.1. The SMILES string of the molecule is O=C(CNS(=O)(=O)c1ccccc1)NN=Cc1ccc(OC(=O)c2ccc(Br)cc2)cc1. The maximum Gasteiger partial charge on any atom is 0.343 e. The first-order valence-corrected chi connectivity index (χ1v) is 11.6. The molecular weight excluding hydrogens is 498 g/mol. The van der Waals surface area contributed by atoms with Crippen molar-refractivity contribution in [3.8, 4) is 5.75 Å². The zero-order chi connectivity index (χ0) is 23.0. The molecule has 0 spiro atoms. The molecule has 0 fully saturated rings. The van der Waals surface area contributed by atoms with Crippen LogP contribution in [0.2, 0.25) is 0 Å². The van der Waals surface area contributed by atoms with Crippen molar-refractivity contribution in [1.29, 1.82) is 0 Å². The predicted octanol–water partition coefficient (Wildman–Crippen LogP) is 3.10. The van der Waals surface area contributed by atoms with Gasteiger partial charge in [0.15, 0.2) is 0 Å². The van der Waals surface area contributed by atoms with Gasteiger partial charge in [0.05, 0.1) is 23.2 Å². The molecule has 0 aromatic heterocycles. The summed E-state index contributed by atoms with van der Waals surface area (Å²) in [6.45, 7) is -0.459. The molecule has 0 atom stereocenters. The standard InChI is InChI=1S/C22H18BrN3O5S/c23-18-10-8-17(9-11-18)22(28)31-19-12-6-16(7-13-19)14-24-26-21(27)15-25-32(29,30)20-4-2-1-3-5-20/h1-14,25H,15H2,(H,26,27). The van der Waals surface area contributed by atoms with Crippen molar-refractivity contribution in [2.75, 3.05) is 6.54 Å². The largest absolute Gasteiger partial charge is 0.423 e. The molecule has 0 saturated heterocycles. The molecule has 0 aliphatic heterocycles. The number of benzene rings is 3. The highest BCUT2D eigenvalue weighted by atomic mass is 79.9. The lowest BCUT2D eigenvalue weighted by Gasteiger charge is -2.06. The van der Waals surface area contributed by atoms with E-state index < -0.39 is 28.4 Å². The molecule has 3 rings (SSSR count). The number of nitrogens with zero attached hydrogens (tertiary/aromatic N) is 1. The summed E-state index contributed by atoms with van der Waals surface area (Å²) in [4.78, 5) is 24.0. The summed E-state index contributed by atoms with van der Waals surface area (Å²) in [6.07, 6.45) is 1.38. The molecule has 0 heterocycles. The van der Waals surface area contributed by atoms with Crippen LogP contribution in [-0.4, -0.2) is 33.1 Å². The molecule has 8 nitrogen and oxygen atoms in total. The van der Waals surface area contributed by atoms with E-state index in [1.807, 2.05) is 0 Å². The molecule has 2 N–H and O–H groups in total. The summed E-state index contributed by atoms with van der Waals surface area (Å²) in [5, 5.41) is 3.79. The van der Waals surface area contributed by atoms with Gasteiger partial charge in [0.2, 0.25) is 10.0 Å². The second-order valence-corrected chi connectivity index (χ2v) is 9.08. The zero-order valence-corrected chi connectivity index (χ0v) is 19.0. The summed E-state index contributed by atoms with van der Waals surface area (Å²) in [5.41, 5.74) is 3.30. The highest BCUT2D eigenvalue weighted by molar-refractivity contribution is 9.10. The predicted molar refractivity (Wildman–Crippen MR) is 123 cm³/mol. The zero-order valence-electron chi connectivity index (χ0n) is 16.6. The van der Waals surface area contributed by atoms with E-state index in [4.69, 9.17) is 4.74 Å². The molecule has 164 valence electrons. The Morgan fingerprint density at radius 2 is 1.59 bits per heavy atom. The first-order valence-electron chi connectivity index (χ1n) is 9.28. The summed E-state index contributed by atoms with van der Waals surface area (Å²) in [7, 11) is -3.78. The summed E-state index contributed by atoms with van der Waals surface area (Å²) in [6, 6.07) is 21.0. The molecule has 0 unspecified atom stereocenters. The Hall–Kier alpha value is -3.34. The van der Waals surface area contributed by atoms with Crippen LogP contribution in [0.3, 0.4) is 0 Å². The van der Waals surface area contributed by atoms with E-state index >= 15 is 0 Å². The molecule has 1 amide bonds. The van der Waals surface area contributed by atoms with Crippen LogP contribution in [0.15, 0.2) is 93.3 Å². The number of hydrazone groups is 1. The number of sulfonamides is 1. The van der Waals surface area contributed by atoms with E-state index in [1.165, 1.54) is 18.3 Å². The van der Waals surface area contributed by atoms with Gasteiger partial charge >= 0.3 is 5.97 Å². The van der Waals surface area contributed by atoms with Gasteiger partial charge in [-0.05, 0) is 66.2 Å². The molecule has 0 radical (unpaired) electrons. The van der Waals surface area contributed by atoms with Crippen molar-refractivity contribution < 1.29 is 22.7 Å². The van der Waals surface area contributed by atoms with Crippen molar-refractivity contribution in [3.05, 3.63) is 94.5 Å². The van der Waals surface area contributed by atoms with Gasteiger partial charge in [-0.25, -0.2) is 23.4 Å². The molecule has 3 aromatic rings. The van der Waals surface area contributed by atoms with E-state index in [-0.39, 0.29) is 4.90 Å². The minimum absolute atomic E-state index is 0.0669. The molecule has 3 aromatic carbocycles. The van der Waals surface area contributed by atoms with Crippen LogP contribution in [0.1, 0.15) is 15.9 Å². The maximum atomic E-state index is 12.1. The van der Waals surface area contributed by atoms with Crippen molar-refractivity contribution >= 4 is 44.0 Å². The Labute approximate surface area is 193 Å². The van der Waals surface area contributed by atoms with E-state index in [1.54, 1.807) is 66.7 Å². The van der Waals surface area contributed by atoms with E-state index in [9.17, 15) is 18.0 Å². The summed E-state index contributed by atoms with van der Waals surface area (Å²) >= 11 is 3.30. The van der Waals surface area contributed by atoms with Crippen LogP contribution in [0.4, 0.5) is 0 Å². The van der Waals surface area contributed by atoms with Crippen molar-refractivity contribution in [2.24, 2.45) is 5.10 Å². The van der Waals surface area contributed by atoms with Gasteiger partial charge in [0, 0.05) is 4.47 Å². The first-order chi connectivity index (χ1) is 15.3. The van der Waals surface area contributed by atoms with Gasteiger partial charge in [0.1, 0.15) is 5.75 Å². The van der Waals surface area contributed by atoms with Gasteiger partial charge in [-0.3, -0.25) is 4.79 Å². The Kier molecular flexibility index (Phi) is 7.87. The normalized spacial score (nSPS) is 11.3. The number of esters is 1. The second-order valence-electron chi connectivity index (χ2n) is 6.40. The quantitative estimate of drug-likeness (QED) is 0.207. The molecule has 0 saturated carbocycles. The van der Waals surface area contributed by atoms with Crippen LogP contribution in [0, 0.1) is 0 Å². The lowest BCUT2D eigenvalue weighted by Crippen LogP contribution is -2.34. The minimum atomic E-state index is -3.78. The van der Waals surface area contributed by atoms with Crippen LogP contribution in [0.5, 0.6) is 5.75 Å². The van der Waals surface area contributed by atoms with Crippen molar-refractivity contribution in [1.82, 2.24) is 10.1 Å². The smallest absolute Gasteiger partial charge is 0.343 e. The number of rotatable bonds is 8. The topological polar surface area (TPSA) is 114 Å². The number of hydrogen-bond donors (Lipinski definition) is 2. The first kappa shape index (κ1) is 23.3. The monoisotopic (exact) mass is 515 g/mol. The molecule has 0 bridgehead atoms. The summed E-state index contributed by atoms with van der Waals surface area (Å²) in [5.74, 6) is -0.751. The van der Waals surface area contributed by atoms with E-state index in [0.29, 0.717) is 16.9 Å². The Morgan fingerprint density at radius 3 is 2.25 bits per heavy atom. The second kappa shape index (κ2) is 10.8. The number of halogens is 1. The van der Waals surface area contributed by atoms with Crippen LogP contribution >= 0.6 is 15.9 Å². The Balaban J connectivity index is 1.47. The Bertz CT molecular complexity index is 1210. The fraction of sp³-hybridized carbons (Fsp3) is 0.0455. The fourth-order valence-electron chi connectivity index (χ4n) is 2.44. The van der Waals surface area contributed by atoms with Crippen molar-refractivity contribution in [2.45, 2.75) is 4.90 Å². The minimum Gasteiger partial charge on any atom is -0.423 e. The number of amides is 1. The van der Waals surface area contributed by atoms with Gasteiger partial charge in [-0.2, -0.15) is 5.10 Å². The average molecular weight is 516 g/mol. The lowest BCUT2D eigenvalue weighted by molar-refractivity contribution is -0.119. The highest BCUT2D eigenvalue weighted by Gasteiger charge is 2.14. The van der Waals surface area contributed by atoms with Gasteiger partial charge in [-0.1, -0.05) is 34.1 Å².